The van der Waals surface area contributed by atoms with Gasteiger partial charge in [-0.15, -0.1) is 0 Å². The first kappa shape index (κ1) is 18.1. The van der Waals surface area contributed by atoms with Gasteiger partial charge in [-0.05, 0) is 18.6 Å². The molecular weight excluding hydrogens is 338 g/mol. The van der Waals surface area contributed by atoms with Crippen LogP contribution in [-0.2, 0) is 19.4 Å². The second-order valence-corrected chi connectivity index (χ2v) is 7.51. The average Bonchev–Trinajstić information content (AvgIpc) is 2.90. The third-order valence-electron chi connectivity index (χ3n) is 3.56. The molecule has 2 rings (SSSR count). The number of methoxy groups -OCH3 is 2. The molecule has 1 heterocycles. The predicted octanol–water partition coefficient (Wildman–Crippen LogP) is 0.164. The van der Waals surface area contributed by atoms with E-state index in [4.69, 9.17) is 14.2 Å². The molecule has 8 nitrogen and oxygen atoms in total. The zero-order chi connectivity index (χ0) is 17.7. The lowest BCUT2D eigenvalue weighted by Crippen LogP contribution is -2.38. The van der Waals surface area contributed by atoms with Crippen molar-refractivity contribution in [2.75, 3.05) is 32.3 Å². The van der Waals surface area contributed by atoms with Gasteiger partial charge in [0.05, 0.1) is 25.7 Å². The van der Waals surface area contributed by atoms with E-state index in [-0.39, 0.29) is 28.6 Å². The molecule has 9 heteroatoms. The van der Waals surface area contributed by atoms with Crippen molar-refractivity contribution in [3.63, 3.8) is 0 Å². The van der Waals surface area contributed by atoms with Gasteiger partial charge in [0.2, 0.25) is 0 Å². The van der Waals surface area contributed by atoms with Crippen LogP contribution in [0.4, 0.5) is 0 Å². The van der Waals surface area contributed by atoms with Crippen LogP contribution in [0.3, 0.4) is 0 Å². The molecule has 1 aromatic rings. The lowest BCUT2D eigenvalue weighted by Gasteiger charge is -2.13. The van der Waals surface area contributed by atoms with Gasteiger partial charge in [0.15, 0.2) is 16.4 Å². The van der Waals surface area contributed by atoms with Gasteiger partial charge in [0.25, 0.3) is 5.91 Å². The molecule has 0 saturated carbocycles. The van der Waals surface area contributed by atoms with Crippen LogP contribution < -0.4 is 14.8 Å². The number of sulfone groups is 1. The Kier molecular flexibility index (Phi) is 5.66. The van der Waals surface area contributed by atoms with E-state index in [2.05, 4.69) is 5.32 Å². The summed E-state index contributed by atoms with van der Waals surface area (Å²) in [5, 5.41) is 2.54. The van der Waals surface area contributed by atoms with E-state index in [0.29, 0.717) is 6.42 Å². The van der Waals surface area contributed by atoms with Crippen molar-refractivity contribution in [2.45, 2.75) is 12.5 Å². The smallest absolute Gasteiger partial charge is 0.346 e. The van der Waals surface area contributed by atoms with Crippen LogP contribution in [0.15, 0.2) is 18.2 Å². The van der Waals surface area contributed by atoms with E-state index < -0.39 is 34.4 Å². The number of hydrogen-bond donors (Lipinski definition) is 1. The first-order valence-electron chi connectivity index (χ1n) is 7.24. The van der Waals surface area contributed by atoms with Crippen molar-refractivity contribution < 1.29 is 32.2 Å². The molecule has 132 valence electrons. The molecule has 0 unspecified atom stereocenters. The van der Waals surface area contributed by atoms with Crippen molar-refractivity contribution in [3.8, 4) is 11.5 Å². The molecule has 1 aliphatic heterocycles. The SMILES string of the molecule is COc1cccc(OC)c1C(=O)OCC(=O)N[C@H]1CCS(=O)(=O)C1. The fraction of sp³-hybridized carbons (Fsp3) is 0.467. The van der Waals surface area contributed by atoms with E-state index in [1.54, 1.807) is 18.2 Å². The molecule has 24 heavy (non-hydrogen) atoms. The van der Waals surface area contributed by atoms with Crippen molar-refractivity contribution in [1.82, 2.24) is 5.32 Å². The van der Waals surface area contributed by atoms with Crippen LogP contribution in [0.25, 0.3) is 0 Å². The predicted molar refractivity (Wildman–Crippen MR) is 85.0 cm³/mol. The largest absolute Gasteiger partial charge is 0.496 e. The normalized spacial score (nSPS) is 18.7. The first-order valence-corrected chi connectivity index (χ1v) is 9.06. The molecule has 0 spiro atoms. The summed E-state index contributed by atoms with van der Waals surface area (Å²) in [4.78, 5) is 24.0. The highest BCUT2D eigenvalue weighted by molar-refractivity contribution is 7.91. The molecule has 0 radical (unpaired) electrons. The first-order chi connectivity index (χ1) is 11.4. The topological polar surface area (TPSA) is 108 Å². The van der Waals surface area contributed by atoms with Gasteiger partial charge in [-0.2, -0.15) is 0 Å². The Morgan fingerprint density at radius 3 is 2.33 bits per heavy atom. The fourth-order valence-electron chi connectivity index (χ4n) is 2.43. The summed E-state index contributed by atoms with van der Waals surface area (Å²) in [7, 11) is -0.286. The maximum Gasteiger partial charge on any atom is 0.346 e. The lowest BCUT2D eigenvalue weighted by atomic mass is 10.2. The van der Waals surface area contributed by atoms with Gasteiger partial charge in [-0.1, -0.05) is 6.07 Å². The monoisotopic (exact) mass is 357 g/mol. The van der Waals surface area contributed by atoms with Gasteiger partial charge in [-0.3, -0.25) is 4.79 Å². The second kappa shape index (κ2) is 7.52. The van der Waals surface area contributed by atoms with E-state index in [0.717, 1.165) is 0 Å². The number of carbonyl (C=O) groups excluding carboxylic acids is 2. The Hall–Kier alpha value is -2.29. The Balaban J connectivity index is 1.95. The maximum absolute atomic E-state index is 12.2. The maximum atomic E-state index is 12.2. The lowest BCUT2D eigenvalue weighted by molar-refractivity contribution is -0.124. The highest BCUT2D eigenvalue weighted by Gasteiger charge is 2.29. The summed E-state index contributed by atoms with van der Waals surface area (Å²) < 4.78 is 37.9. The molecule has 0 bridgehead atoms. The minimum Gasteiger partial charge on any atom is -0.496 e. The molecule has 0 aromatic heterocycles. The Morgan fingerprint density at radius 1 is 1.21 bits per heavy atom. The van der Waals surface area contributed by atoms with Crippen molar-refractivity contribution >= 4 is 21.7 Å². The number of nitrogens with one attached hydrogen (secondary N) is 1. The second-order valence-electron chi connectivity index (χ2n) is 5.28. The van der Waals surface area contributed by atoms with Crippen molar-refractivity contribution in [3.05, 3.63) is 23.8 Å². The Bertz CT molecular complexity index is 707. The van der Waals surface area contributed by atoms with Gasteiger partial charge in [0, 0.05) is 6.04 Å². The highest BCUT2D eigenvalue weighted by atomic mass is 32.2. The number of amides is 1. The number of esters is 1. The standard InChI is InChI=1S/C15H19NO7S/c1-21-11-4-3-5-12(22-2)14(11)15(18)23-8-13(17)16-10-6-7-24(19,20)9-10/h3-5,10H,6-9H2,1-2H3,(H,16,17)/t10-/m0/s1. The summed E-state index contributed by atoms with van der Waals surface area (Å²) in [5.41, 5.74) is 0.0822. The van der Waals surface area contributed by atoms with E-state index >= 15 is 0 Å². The fourth-order valence-corrected chi connectivity index (χ4v) is 4.11. The summed E-state index contributed by atoms with van der Waals surface area (Å²) in [6, 6.07) is 4.36. The number of benzene rings is 1. The van der Waals surface area contributed by atoms with Gasteiger partial charge in [-0.25, -0.2) is 13.2 Å². The minimum atomic E-state index is -3.09. The van der Waals surface area contributed by atoms with Gasteiger partial charge >= 0.3 is 5.97 Å². The molecule has 1 aliphatic rings. The number of ether oxygens (including phenoxy) is 3. The van der Waals surface area contributed by atoms with E-state index in [1.807, 2.05) is 0 Å². The molecule has 1 aromatic carbocycles. The van der Waals surface area contributed by atoms with Crippen LogP contribution >= 0.6 is 0 Å². The highest BCUT2D eigenvalue weighted by Crippen LogP contribution is 2.28. The Morgan fingerprint density at radius 2 is 1.83 bits per heavy atom. The van der Waals surface area contributed by atoms with E-state index in [9.17, 15) is 18.0 Å². The minimum absolute atomic E-state index is 0.0517. The Labute approximate surface area is 140 Å². The quantitative estimate of drug-likeness (QED) is 0.723. The van der Waals surface area contributed by atoms with Gasteiger partial charge < -0.3 is 19.5 Å². The number of carbonyl (C=O) groups is 2. The van der Waals surface area contributed by atoms with Gasteiger partial charge in [0.1, 0.15) is 17.1 Å². The molecule has 1 fully saturated rings. The molecule has 1 N–H and O–H groups in total. The molecule has 1 saturated heterocycles. The van der Waals surface area contributed by atoms with Crippen molar-refractivity contribution in [1.29, 1.82) is 0 Å². The summed E-state index contributed by atoms with van der Waals surface area (Å²) in [6.07, 6.45) is 0.363. The average molecular weight is 357 g/mol. The van der Waals surface area contributed by atoms with Crippen molar-refractivity contribution in [2.24, 2.45) is 0 Å². The molecule has 1 amide bonds. The van der Waals surface area contributed by atoms with E-state index in [1.165, 1.54) is 14.2 Å². The van der Waals surface area contributed by atoms with Crippen LogP contribution in [0.5, 0.6) is 11.5 Å². The van der Waals surface area contributed by atoms with Crippen LogP contribution in [0, 0.1) is 0 Å². The van der Waals surface area contributed by atoms with Crippen LogP contribution in [0.1, 0.15) is 16.8 Å². The number of rotatable bonds is 6. The third kappa shape index (κ3) is 4.38. The molecule has 0 aliphatic carbocycles. The van der Waals surface area contributed by atoms with Crippen LogP contribution in [0.2, 0.25) is 0 Å². The summed E-state index contributed by atoms with van der Waals surface area (Å²) in [5.74, 6) is -0.829. The third-order valence-corrected chi connectivity index (χ3v) is 5.33. The molecular formula is C15H19NO7S. The summed E-state index contributed by atoms with van der Waals surface area (Å²) in [6.45, 7) is -0.517. The zero-order valence-corrected chi connectivity index (χ0v) is 14.2. The summed E-state index contributed by atoms with van der Waals surface area (Å²) >= 11 is 0. The van der Waals surface area contributed by atoms with Crippen LogP contribution in [-0.4, -0.2) is 58.7 Å². The zero-order valence-electron chi connectivity index (χ0n) is 13.4. The molecule has 1 atom stereocenters. The number of hydrogen-bond acceptors (Lipinski definition) is 7.